The summed E-state index contributed by atoms with van der Waals surface area (Å²) in [5.74, 6) is 2.44. The minimum Gasteiger partial charge on any atom is -0.155 e. The van der Waals surface area contributed by atoms with Crippen LogP contribution < -0.4 is 0 Å². The predicted molar refractivity (Wildman–Crippen MR) is 31.4 cm³/mol. The smallest absolute Gasteiger partial charge is 0.00848 e. The van der Waals surface area contributed by atoms with Crippen LogP contribution in [-0.2, 0) is 0 Å². The van der Waals surface area contributed by atoms with Crippen LogP contribution in [0.25, 0.3) is 0 Å². The lowest BCUT2D eigenvalue weighted by atomic mass is 10.3. The summed E-state index contributed by atoms with van der Waals surface area (Å²) in [6.45, 7) is 0. The SMILES string of the molecule is C1[C@H]2[C@H]3C[C@H]3S[C@@H]12. The second kappa shape index (κ2) is 0.771. The van der Waals surface area contributed by atoms with Gasteiger partial charge in [0.1, 0.15) is 0 Å². The average molecular weight is 112 g/mol. The largest absolute Gasteiger partial charge is 0.155 e. The van der Waals surface area contributed by atoms with E-state index in [4.69, 9.17) is 0 Å². The van der Waals surface area contributed by atoms with Crippen molar-refractivity contribution in [1.29, 1.82) is 0 Å². The van der Waals surface area contributed by atoms with Gasteiger partial charge in [0.25, 0.3) is 0 Å². The fraction of sp³-hybridized carbons (Fsp3) is 1.00. The van der Waals surface area contributed by atoms with Crippen LogP contribution in [0.4, 0.5) is 0 Å². The van der Waals surface area contributed by atoms with Crippen LogP contribution >= 0.6 is 11.8 Å². The van der Waals surface area contributed by atoms with E-state index in [0.717, 1.165) is 10.5 Å². The van der Waals surface area contributed by atoms with Crippen LogP contribution in [0, 0.1) is 11.8 Å². The number of hydrogen-bond donors (Lipinski definition) is 0. The van der Waals surface area contributed by atoms with Gasteiger partial charge < -0.3 is 0 Å². The van der Waals surface area contributed by atoms with Crippen molar-refractivity contribution in [2.75, 3.05) is 0 Å². The summed E-state index contributed by atoms with van der Waals surface area (Å²) >= 11 is 2.27. The zero-order chi connectivity index (χ0) is 4.43. The summed E-state index contributed by atoms with van der Waals surface area (Å²) in [6.07, 6.45) is 3.15. The molecule has 1 saturated heterocycles. The topological polar surface area (TPSA) is 0 Å². The van der Waals surface area contributed by atoms with Gasteiger partial charge in [-0.1, -0.05) is 0 Å². The van der Waals surface area contributed by atoms with E-state index in [0.29, 0.717) is 0 Å². The zero-order valence-electron chi connectivity index (χ0n) is 4.13. The van der Waals surface area contributed by atoms with Crippen molar-refractivity contribution in [3.8, 4) is 0 Å². The molecule has 1 aliphatic heterocycles. The molecule has 2 saturated carbocycles. The normalized spacial score (nSPS) is 72.0. The van der Waals surface area contributed by atoms with Gasteiger partial charge in [0, 0.05) is 10.5 Å². The number of thioether (sulfide) groups is 1. The second-order valence-corrected chi connectivity index (χ2v) is 4.50. The Morgan fingerprint density at radius 3 is 1.86 bits per heavy atom. The standard InChI is InChI=1S/C6H8S/c1-3-4-2-6(4)7-5(1)3/h3-6H,1-2H2/t3-,4+,5-,6+. The van der Waals surface area contributed by atoms with Crippen LogP contribution in [0.1, 0.15) is 12.8 Å². The maximum Gasteiger partial charge on any atom is 0.00848 e. The minimum atomic E-state index is 1.16. The van der Waals surface area contributed by atoms with Crippen molar-refractivity contribution < 1.29 is 0 Å². The highest BCUT2D eigenvalue weighted by Crippen LogP contribution is 2.69. The molecule has 3 aliphatic rings. The average Bonchev–Trinajstić information content (AvgIpc) is 2.47. The molecule has 2 aliphatic carbocycles. The lowest BCUT2D eigenvalue weighted by molar-refractivity contribution is 0.736. The van der Waals surface area contributed by atoms with Crippen LogP contribution in [-0.4, -0.2) is 10.5 Å². The van der Waals surface area contributed by atoms with Gasteiger partial charge in [-0.3, -0.25) is 0 Å². The van der Waals surface area contributed by atoms with E-state index in [1.807, 2.05) is 0 Å². The molecule has 4 atom stereocenters. The van der Waals surface area contributed by atoms with Gasteiger partial charge in [-0.05, 0) is 24.7 Å². The van der Waals surface area contributed by atoms with Gasteiger partial charge in [-0.15, -0.1) is 0 Å². The van der Waals surface area contributed by atoms with Crippen LogP contribution in [0.5, 0.6) is 0 Å². The minimum absolute atomic E-state index is 1.16. The Labute approximate surface area is 47.7 Å². The Morgan fingerprint density at radius 2 is 1.57 bits per heavy atom. The first kappa shape index (κ1) is 3.39. The summed E-state index contributed by atoms with van der Waals surface area (Å²) in [7, 11) is 0. The first-order valence-electron chi connectivity index (χ1n) is 3.10. The van der Waals surface area contributed by atoms with E-state index in [-0.39, 0.29) is 0 Å². The van der Waals surface area contributed by atoms with Gasteiger partial charge in [0.2, 0.25) is 0 Å². The highest BCUT2D eigenvalue weighted by atomic mass is 32.2. The molecule has 3 rings (SSSR count). The zero-order valence-corrected chi connectivity index (χ0v) is 4.95. The lowest BCUT2D eigenvalue weighted by Crippen LogP contribution is -1.75. The van der Waals surface area contributed by atoms with Crippen molar-refractivity contribution >= 4 is 11.8 Å². The summed E-state index contributed by atoms with van der Waals surface area (Å²) in [5, 5.41) is 2.31. The fourth-order valence-corrected chi connectivity index (χ4v) is 3.74. The monoisotopic (exact) mass is 112 g/mol. The third-order valence-corrected chi connectivity index (χ3v) is 4.24. The van der Waals surface area contributed by atoms with Gasteiger partial charge in [0.15, 0.2) is 0 Å². The molecule has 1 heteroatoms. The van der Waals surface area contributed by atoms with Crippen molar-refractivity contribution in [3.05, 3.63) is 0 Å². The summed E-state index contributed by atoms with van der Waals surface area (Å²) in [5.41, 5.74) is 0. The van der Waals surface area contributed by atoms with E-state index in [9.17, 15) is 0 Å². The van der Waals surface area contributed by atoms with Gasteiger partial charge in [-0.25, -0.2) is 0 Å². The third-order valence-electron chi connectivity index (χ3n) is 2.46. The summed E-state index contributed by atoms with van der Waals surface area (Å²) in [6, 6.07) is 0. The van der Waals surface area contributed by atoms with Crippen LogP contribution in [0.3, 0.4) is 0 Å². The Morgan fingerprint density at radius 1 is 1.00 bits per heavy atom. The molecular formula is C6H8S. The first-order chi connectivity index (χ1) is 3.45. The molecule has 0 spiro atoms. The van der Waals surface area contributed by atoms with E-state index in [1.54, 1.807) is 12.8 Å². The Hall–Kier alpha value is 0.350. The molecular weight excluding hydrogens is 104 g/mol. The maximum atomic E-state index is 2.27. The molecule has 0 aromatic heterocycles. The summed E-state index contributed by atoms with van der Waals surface area (Å²) < 4.78 is 0. The number of hydrogen-bond acceptors (Lipinski definition) is 1. The molecule has 3 fully saturated rings. The van der Waals surface area contributed by atoms with E-state index < -0.39 is 0 Å². The third kappa shape index (κ3) is 0.290. The molecule has 0 aromatic rings. The van der Waals surface area contributed by atoms with E-state index in [1.165, 1.54) is 11.8 Å². The van der Waals surface area contributed by atoms with Gasteiger partial charge in [-0.2, -0.15) is 11.8 Å². The second-order valence-electron chi connectivity index (χ2n) is 3.01. The molecule has 0 aromatic carbocycles. The molecule has 38 valence electrons. The number of fused-ring (bicyclic) bond motifs is 3. The molecule has 7 heavy (non-hydrogen) atoms. The van der Waals surface area contributed by atoms with E-state index >= 15 is 0 Å². The van der Waals surface area contributed by atoms with Crippen molar-refractivity contribution in [3.63, 3.8) is 0 Å². The Kier molecular flexibility index (Phi) is 0.374. The molecule has 0 radical (unpaired) electrons. The van der Waals surface area contributed by atoms with Gasteiger partial charge in [0.05, 0.1) is 0 Å². The Bertz CT molecular complexity index is 107. The van der Waals surface area contributed by atoms with Crippen molar-refractivity contribution in [2.45, 2.75) is 23.3 Å². The molecule has 1 heterocycles. The highest BCUT2D eigenvalue weighted by molar-refractivity contribution is 8.01. The predicted octanol–water partition coefficient (Wildman–Crippen LogP) is 1.51. The summed E-state index contributed by atoms with van der Waals surface area (Å²) in [4.78, 5) is 0. The molecule has 0 N–H and O–H groups in total. The van der Waals surface area contributed by atoms with Crippen molar-refractivity contribution in [1.82, 2.24) is 0 Å². The lowest BCUT2D eigenvalue weighted by Gasteiger charge is -1.83. The fourth-order valence-electron chi connectivity index (χ4n) is 1.82. The quantitative estimate of drug-likeness (QED) is 0.457. The molecule has 0 amide bonds. The van der Waals surface area contributed by atoms with E-state index in [2.05, 4.69) is 11.8 Å². The molecule has 0 bridgehead atoms. The Balaban J connectivity index is 2.02. The van der Waals surface area contributed by atoms with Gasteiger partial charge >= 0.3 is 0 Å². The maximum absolute atomic E-state index is 2.27. The van der Waals surface area contributed by atoms with Crippen LogP contribution in [0.15, 0.2) is 0 Å². The van der Waals surface area contributed by atoms with Crippen molar-refractivity contribution in [2.24, 2.45) is 11.8 Å². The molecule has 0 unspecified atom stereocenters. The van der Waals surface area contributed by atoms with Crippen LogP contribution in [0.2, 0.25) is 0 Å². The number of rotatable bonds is 0. The molecule has 0 nitrogen and oxygen atoms in total. The highest BCUT2D eigenvalue weighted by Gasteiger charge is 2.62. The first-order valence-corrected chi connectivity index (χ1v) is 4.05.